The minimum absolute atomic E-state index is 0.0204. The number of hydrogen-bond acceptors (Lipinski definition) is 5. The van der Waals surface area contributed by atoms with E-state index in [0.29, 0.717) is 17.5 Å². The van der Waals surface area contributed by atoms with Crippen LogP contribution < -0.4 is 0 Å². The molecule has 1 aromatic rings. The monoisotopic (exact) mass is 333 g/mol. The lowest BCUT2D eigenvalue weighted by Crippen LogP contribution is -2.34. The van der Waals surface area contributed by atoms with Crippen molar-refractivity contribution in [3.63, 3.8) is 0 Å². The minimum atomic E-state index is -3.74. The Balaban J connectivity index is 2.38. The van der Waals surface area contributed by atoms with Crippen molar-refractivity contribution < 1.29 is 21.9 Å². The van der Waals surface area contributed by atoms with E-state index >= 15 is 0 Å². The standard InChI is InChI=1S/C13H19NO5S2/c1-11-12(10-15)4-2-5-13(11)21(18,19)14-6-3-8-20(16,17)9-7-14/h2,4-5,15H,3,6-10H2,1H3. The van der Waals surface area contributed by atoms with Gasteiger partial charge in [-0.2, -0.15) is 4.31 Å². The van der Waals surface area contributed by atoms with E-state index in [1.807, 2.05) is 0 Å². The number of hydrogen-bond donors (Lipinski definition) is 1. The number of nitrogens with zero attached hydrogens (tertiary/aromatic N) is 1. The first-order valence-corrected chi connectivity index (χ1v) is 9.94. The molecule has 0 radical (unpaired) electrons. The van der Waals surface area contributed by atoms with Gasteiger partial charge in [-0.15, -0.1) is 0 Å². The third-order valence-corrected chi connectivity index (χ3v) is 7.46. The molecule has 21 heavy (non-hydrogen) atoms. The topological polar surface area (TPSA) is 91.8 Å². The lowest BCUT2D eigenvalue weighted by atomic mass is 10.1. The van der Waals surface area contributed by atoms with Gasteiger partial charge in [0.25, 0.3) is 0 Å². The average molecular weight is 333 g/mol. The van der Waals surface area contributed by atoms with Gasteiger partial charge >= 0.3 is 0 Å². The summed E-state index contributed by atoms with van der Waals surface area (Å²) in [6.45, 7) is 1.59. The molecule has 0 saturated carbocycles. The number of aliphatic hydroxyl groups is 1. The molecule has 1 heterocycles. The maximum absolute atomic E-state index is 12.7. The van der Waals surface area contributed by atoms with Gasteiger partial charge in [0.1, 0.15) is 0 Å². The summed E-state index contributed by atoms with van der Waals surface area (Å²) >= 11 is 0. The molecule has 1 aliphatic rings. The lowest BCUT2D eigenvalue weighted by Gasteiger charge is -2.21. The molecular formula is C13H19NO5S2. The van der Waals surface area contributed by atoms with E-state index in [2.05, 4.69) is 0 Å². The zero-order valence-corrected chi connectivity index (χ0v) is 13.5. The summed E-state index contributed by atoms with van der Waals surface area (Å²) in [5.41, 5.74) is 1.06. The molecule has 1 aliphatic heterocycles. The highest BCUT2D eigenvalue weighted by Crippen LogP contribution is 2.24. The second-order valence-electron chi connectivity index (χ2n) is 5.11. The van der Waals surface area contributed by atoms with E-state index < -0.39 is 19.9 Å². The summed E-state index contributed by atoms with van der Waals surface area (Å²) in [6, 6.07) is 4.74. The van der Waals surface area contributed by atoms with Gasteiger partial charge < -0.3 is 5.11 Å². The summed E-state index contributed by atoms with van der Waals surface area (Å²) in [5.74, 6) is -0.125. The second-order valence-corrected chi connectivity index (χ2v) is 9.32. The molecule has 1 N–H and O–H groups in total. The lowest BCUT2D eigenvalue weighted by molar-refractivity contribution is 0.280. The predicted octanol–water partition coefficient (Wildman–Crippen LogP) is 0.297. The molecule has 2 rings (SSSR count). The molecule has 0 atom stereocenters. The SMILES string of the molecule is Cc1c(CO)cccc1S(=O)(=O)N1CCCS(=O)(=O)CC1. The first-order valence-electron chi connectivity index (χ1n) is 6.68. The van der Waals surface area contributed by atoms with Crippen molar-refractivity contribution in [1.82, 2.24) is 4.31 Å². The highest BCUT2D eigenvalue weighted by molar-refractivity contribution is 7.91. The number of benzene rings is 1. The van der Waals surface area contributed by atoms with Crippen LogP contribution in [0.2, 0.25) is 0 Å². The fourth-order valence-corrected chi connectivity index (χ4v) is 5.54. The van der Waals surface area contributed by atoms with Gasteiger partial charge in [-0.05, 0) is 30.5 Å². The normalized spacial score (nSPS) is 20.1. The molecule has 0 unspecified atom stereocenters. The van der Waals surface area contributed by atoms with Gasteiger partial charge in [0, 0.05) is 13.1 Å². The largest absolute Gasteiger partial charge is 0.392 e. The first kappa shape index (κ1) is 16.4. The van der Waals surface area contributed by atoms with Crippen LogP contribution in [0.3, 0.4) is 0 Å². The van der Waals surface area contributed by atoms with Crippen molar-refractivity contribution in [2.24, 2.45) is 0 Å². The van der Waals surface area contributed by atoms with Crippen LogP contribution in [0.15, 0.2) is 23.1 Å². The van der Waals surface area contributed by atoms with E-state index in [9.17, 15) is 21.9 Å². The van der Waals surface area contributed by atoms with Crippen LogP contribution in [0.5, 0.6) is 0 Å². The molecule has 0 aliphatic carbocycles. The van der Waals surface area contributed by atoms with Gasteiger partial charge in [0.05, 0.1) is 23.0 Å². The van der Waals surface area contributed by atoms with Crippen LogP contribution in [0.25, 0.3) is 0 Å². The summed E-state index contributed by atoms with van der Waals surface area (Å²) < 4.78 is 49.8. The Bertz CT molecular complexity index is 725. The number of sulfone groups is 1. The average Bonchev–Trinajstić information content (AvgIpc) is 2.60. The molecule has 0 aromatic heterocycles. The van der Waals surface area contributed by atoms with Crippen molar-refractivity contribution in [3.05, 3.63) is 29.3 Å². The predicted molar refractivity (Wildman–Crippen MR) is 79.1 cm³/mol. The Morgan fingerprint density at radius 2 is 1.95 bits per heavy atom. The van der Waals surface area contributed by atoms with Gasteiger partial charge in [-0.25, -0.2) is 16.8 Å². The fourth-order valence-electron chi connectivity index (χ4n) is 2.41. The Kier molecular flexibility index (Phi) is 4.72. The van der Waals surface area contributed by atoms with Crippen LogP contribution in [0.4, 0.5) is 0 Å². The molecule has 0 spiro atoms. The van der Waals surface area contributed by atoms with E-state index in [0.717, 1.165) is 0 Å². The van der Waals surface area contributed by atoms with Crippen LogP contribution in [-0.4, -0.2) is 50.8 Å². The summed E-state index contributed by atoms with van der Waals surface area (Å²) in [4.78, 5) is 0.133. The van der Waals surface area contributed by atoms with Crippen molar-refractivity contribution in [2.45, 2.75) is 24.8 Å². The minimum Gasteiger partial charge on any atom is -0.392 e. The molecular weight excluding hydrogens is 314 g/mol. The van der Waals surface area contributed by atoms with Crippen molar-refractivity contribution in [2.75, 3.05) is 24.6 Å². The molecule has 1 saturated heterocycles. The molecule has 0 bridgehead atoms. The number of aliphatic hydroxyl groups excluding tert-OH is 1. The van der Waals surface area contributed by atoms with Crippen LogP contribution >= 0.6 is 0 Å². The van der Waals surface area contributed by atoms with Gasteiger partial charge in [0.15, 0.2) is 9.84 Å². The number of sulfonamides is 1. The Morgan fingerprint density at radius 3 is 2.62 bits per heavy atom. The second kappa shape index (κ2) is 6.04. The Hall–Kier alpha value is -0.960. The molecule has 1 aromatic carbocycles. The zero-order chi connectivity index (χ0) is 15.7. The Labute approximate surface area is 125 Å². The van der Waals surface area contributed by atoms with Gasteiger partial charge in [-0.1, -0.05) is 12.1 Å². The van der Waals surface area contributed by atoms with Crippen molar-refractivity contribution in [3.8, 4) is 0 Å². The summed E-state index contributed by atoms with van der Waals surface area (Å²) in [7, 11) is -6.90. The molecule has 118 valence electrons. The van der Waals surface area contributed by atoms with Crippen molar-refractivity contribution >= 4 is 19.9 Å². The van der Waals surface area contributed by atoms with E-state index in [-0.39, 0.29) is 36.1 Å². The highest BCUT2D eigenvalue weighted by Gasteiger charge is 2.30. The highest BCUT2D eigenvalue weighted by atomic mass is 32.2. The molecule has 0 amide bonds. The maximum atomic E-state index is 12.7. The fraction of sp³-hybridized carbons (Fsp3) is 0.538. The van der Waals surface area contributed by atoms with Crippen LogP contribution in [-0.2, 0) is 26.5 Å². The van der Waals surface area contributed by atoms with E-state index in [1.54, 1.807) is 19.1 Å². The molecule has 6 nitrogen and oxygen atoms in total. The molecule has 8 heteroatoms. The van der Waals surface area contributed by atoms with E-state index in [4.69, 9.17) is 0 Å². The van der Waals surface area contributed by atoms with E-state index in [1.165, 1.54) is 10.4 Å². The summed E-state index contributed by atoms with van der Waals surface area (Å²) in [6.07, 6.45) is 0.306. The number of rotatable bonds is 3. The first-order chi connectivity index (χ1) is 9.78. The molecule has 1 fully saturated rings. The third kappa shape index (κ3) is 3.45. The zero-order valence-electron chi connectivity index (χ0n) is 11.8. The van der Waals surface area contributed by atoms with Gasteiger partial charge in [-0.3, -0.25) is 0 Å². The van der Waals surface area contributed by atoms with Crippen LogP contribution in [0, 0.1) is 6.92 Å². The Morgan fingerprint density at radius 1 is 1.24 bits per heavy atom. The van der Waals surface area contributed by atoms with Gasteiger partial charge in [0.2, 0.25) is 10.0 Å². The third-order valence-electron chi connectivity index (χ3n) is 3.70. The summed E-state index contributed by atoms with van der Waals surface area (Å²) in [5, 5.41) is 9.24. The van der Waals surface area contributed by atoms with Crippen LogP contribution in [0.1, 0.15) is 17.5 Å². The maximum Gasteiger partial charge on any atom is 0.243 e. The van der Waals surface area contributed by atoms with Crippen molar-refractivity contribution in [1.29, 1.82) is 0 Å². The quantitative estimate of drug-likeness (QED) is 0.859. The smallest absolute Gasteiger partial charge is 0.243 e.